The highest BCUT2D eigenvalue weighted by Crippen LogP contribution is 2.30. The Hall–Kier alpha value is -4.24. The van der Waals surface area contributed by atoms with Crippen LogP contribution in [0.2, 0.25) is 0 Å². The summed E-state index contributed by atoms with van der Waals surface area (Å²) in [6.45, 7) is 0. The van der Waals surface area contributed by atoms with E-state index in [2.05, 4.69) is 15.5 Å². The summed E-state index contributed by atoms with van der Waals surface area (Å²) >= 11 is 1.38. The van der Waals surface area contributed by atoms with E-state index in [-0.39, 0.29) is 11.6 Å². The van der Waals surface area contributed by atoms with Crippen LogP contribution >= 0.6 is 11.3 Å². The summed E-state index contributed by atoms with van der Waals surface area (Å²) in [7, 11) is 2.98. The van der Waals surface area contributed by atoms with E-state index >= 15 is 0 Å². The molecule has 0 atom stereocenters. The monoisotopic (exact) mass is 477 g/mol. The summed E-state index contributed by atoms with van der Waals surface area (Å²) < 4.78 is 29.2. The third-order valence-electron chi connectivity index (χ3n) is 4.74. The Bertz CT molecular complexity index is 1320. The molecule has 1 aromatic heterocycles. The minimum absolute atomic E-state index is 0.271. The molecule has 4 aromatic rings. The second kappa shape index (κ2) is 10.6. The van der Waals surface area contributed by atoms with Crippen LogP contribution in [0.4, 0.5) is 9.52 Å². The molecule has 9 heteroatoms. The van der Waals surface area contributed by atoms with Crippen molar-refractivity contribution >= 4 is 28.7 Å². The molecular weight excluding hydrogens is 457 g/mol. The molecule has 0 spiro atoms. The molecule has 7 nitrogen and oxygen atoms in total. The highest BCUT2D eigenvalue weighted by atomic mass is 32.1. The number of ether oxygens (including phenoxy) is 3. The minimum atomic E-state index is -0.556. The van der Waals surface area contributed by atoms with E-state index in [9.17, 15) is 9.18 Å². The lowest BCUT2D eigenvalue weighted by Crippen LogP contribution is -2.10. The molecule has 0 bridgehead atoms. The smallest absolute Gasteiger partial charge is 0.347 e. The Morgan fingerprint density at radius 3 is 2.53 bits per heavy atom. The van der Waals surface area contributed by atoms with Gasteiger partial charge in [-0.3, -0.25) is 5.43 Å². The van der Waals surface area contributed by atoms with Crippen LogP contribution in [0.3, 0.4) is 0 Å². The number of hydrogen-bond donors (Lipinski definition) is 1. The maximum Gasteiger partial charge on any atom is 0.347 e. The molecule has 0 saturated carbocycles. The number of rotatable bonds is 8. The van der Waals surface area contributed by atoms with Crippen LogP contribution in [0.5, 0.6) is 17.2 Å². The molecular formula is C25H20FN3O4S. The molecule has 1 N–H and O–H groups in total. The average molecular weight is 478 g/mol. The standard InChI is InChI=1S/C25H20FN3O4S/c1-31-21-6-4-3-5-19(21)24(30)33-22-12-7-16(13-23(22)32-2)14-27-29-25-28-20(15-34-25)17-8-10-18(26)11-9-17/h3-15H,1-2H3,(H,28,29)/b27-14+. The SMILES string of the molecule is COc1cc(/C=N/Nc2nc(-c3ccc(F)cc3)cs2)ccc1OC(=O)c1ccccc1OC. The maximum absolute atomic E-state index is 13.1. The van der Waals surface area contributed by atoms with Gasteiger partial charge in [-0.05, 0) is 60.2 Å². The predicted octanol–water partition coefficient (Wildman–Crippen LogP) is 5.63. The quantitative estimate of drug-likeness (QED) is 0.153. The zero-order chi connectivity index (χ0) is 23.9. The Morgan fingerprint density at radius 1 is 1.00 bits per heavy atom. The topological polar surface area (TPSA) is 82.0 Å². The van der Waals surface area contributed by atoms with Crippen LogP contribution < -0.4 is 19.6 Å². The largest absolute Gasteiger partial charge is 0.496 e. The summed E-state index contributed by atoms with van der Waals surface area (Å²) in [5.41, 5.74) is 5.45. The van der Waals surface area contributed by atoms with Gasteiger partial charge in [0.25, 0.3) is 0 Å². The first-order chi connectivity index (χ1) is 16.6. The summed E-state index contributed by atoms with van der Waals surface area (Å²) in [6.07, 6.45) is 1.59. The van der Waals surface area contributed by atoms with Crippen molar-refractivity contribution in [3.8, 4) is 28.5 Å². The number of aromatic nitrogens is 1. The number of halogens is 1. The number of hydrazone groups is 1. The molecule has 0 saturated heterocycles. The third-order valence-corrected chi connectivity index (χ3v) is 5.48. The lowest BCUT2D eigenvalue weighted by molar-refractivity contribution is 0.0726. The maximum atomic E-state index is 13.1. The Morgan fingerprint density at radius 2 is 1.76 bits per heavy atom. The second-order valence-corrected chi connectivity index (χ2v) is 7.77. The molecule has 3 aromatic carbocycles. The molecule has 34 heavy (non-hydrogen) atoms. The number of carbonyl (C=O) groups is 1. The number of thiazole rings is 1. The molecule has 0 radical (unpaired) electrons. The fraction of sp³-hybridized carbons (Fsp3) is 0.0800. The van der Waals surface area contributed by atoms with E-state index in [4.69, 9.17) is 14.2 Å². The molecule has 172 valence electrons. The van der Waals surface area contributed by atoms with Crippen molar-refractivity contribution in [1.29, 1.82) is 0 Å². The summed E-state index contributed by atoms with van der Waals surface area (Å²) in [6, 6.07) is 18.0. The van der Waals surface area contributed by atoms with Gasteiger partial charge in [0.15, 0.2) is 11.5 Å². The Balaban J connectivity index is 1.42. The highest BCUT2D eigenvalue weighted by Gasteiger charge is 2.16. The van der Waals surface area contributed by atoms with Gasteiger partial charge in [-0.15, -0.1) is 11.3 Å². The van der Waals surface area contributed by atoms with E-state index < -0.39 is 5.97 Å². The molecule has 0 aliphatic rings. The first-order valence-corrected chi connectivity index (χ1v) is 11.0. The number of hydrogen-bond acceptors (Lipinski definition) is 8. The van der Waals surface area contributed by atoms with Crippen molar-refractivity contribution in [2.75, 3.05) is 19.6 Å². The van der Waals surface area contributed by atoms with Crippen LogP contribution in [0.1, 0.15) is 15.9 Å². The van der Waals surface area contributed by atoms with E-state index in [1.54, 1.807) is 60.8 Å². The van der Waals surface area contributed by atoms with E-state index in [0.717, 1.165) is 16.8 Å². The minimum Gasteiger partial charge on any atom is -0.496 e. The van der Waals surface area contributed by atoms with Gasteiger partial charge in [0, 0.05) is 10.9 Å². The van der Waals surface area contributed by atoms with Crippen molar-refractivity contribution in [3.63, 3.8) is 0 Å². The molecule has 0 aliphatic carbocycles. The van der Waals surface area contributed by atoms with E-state index in [1.165, 1.54) is 37.7 Å². The van der Waals surface area contributed by atoms with Crippen LogP contribution in [0.15, 0.2) is 77.2 Å². The fourth-order valence-electron chi connectivity index (χ4n) is 3.06. The van der Waals surface area contributed by atoms with E-state index in [1.807, 2.05) is 5.38 Å². The van der Waals surface area contributed by atoms with Crippen LogP contribution in [0.25, 0.3) is 11.3 Å². The zero-order valence-corrected chi connectivity index (χ0v) is 19.1. The number of anilines is 1. The number of para-hydroxylation sites is 1. The Labute approximate surface area is 199 Å². The Kier molecular flexibility index (Phi) is 7.14. The lowest BCUT2D eigenvalue weighted by atomic mass is 10.2. The number of nitrogens with one attached hydrogen (secondary N) is 1. The van der Waals surface area contributed by atoms with Gasteiger partial charge in [-0.25, -0.2) is 14.2 Å². The van der Waals surface area contributed by atoms with Crippen LogP contribution in [-0.2, 0) is 0 Å². The van der Waals surface area contributed by atoms with Gasteiger partial charge in [-0.1, -0.05) is 12.1 Å². The van der Waals surface area contributed by atoms with Gasteiger partial charge in [0.05, 0.1) is 26.1 Å². The van der Waals surface area contributed by atoms with Gasteiger partial charge < -0.3 is 14.2 Å². The molecule has 0 amide bonds. The molecule has 0 fully saturated rings. The first-order valence-electron chi connectivity index (χ1n) is 10.1. The lowest BCUT2D eigenvalue weighted by Gasteiger charge is -2.11. The summed E-state index contributed by atoms with van der Waals surface area (Å²) in [5.74, 6) is 0.219. The molecule has 0 aliphatic heterocycles. The van der Waals surface area contributed by atoms with Gasteiger partial charge in [-0.2, -0.15) is 5.10 Å². The molecule has 0 unspecified atom stereocenters. The van der Waals surface area contributed by atoms with Crippen LogP contribution in [0, 0.1) is 5.82 Å². The predicted molar refractivity (Wildman–Crippen MR) is 130 cm³/mol. The van der Waals surface area contributed by atoms with Gasteiger partial charge in [0.1, 0.15) is 17.1 Å². The average Bonchev–Trinajstić information content (AvgIpc) is 3.34. The fourth-order valence-corrected chi connectivity index (χ4v) is 3.73. The zero-order valence-electron chi connectivity index (χ0n) is 18.3. The van der Waals surface area contributed by atoms with Crippen molar-refractivity contribution in [2.24, 2.45) is 5.10 Å². The second-order valence-electron chi connectivity index (χ2n) is 6.91. The van der Waals surface area contributed by atoms with Crippen LogP contribution in [-0.4, -0.2) is 31.4 Å². The van der Waals surface area contributed by atoms with Gasteiger partial charge >= 0.3 is 5.97 Å². The highest BCUT2D eigenvalue weighted by molar-refractivity contribution is 7.14. The van der Waals surface area contributed by atoms with Crippen molar-refractivity contribution in [3.05, 3.63) is 89.1 Å². The molecule has 4 rings (SSSR count). The number of nitrogens with zero attached hydrogens (tertiary/aromatic N) is 2. The number of esters is 1. The number of benzene rings is 3. The first kappa shape index (κ1) is 22.9. The van der Waals surface area contributed by atoms with Crippen molar-refractivity contribution < 1.29 is 23.4 Å². The van der Waals surface area contributed by atoms with E-state index in [0.29, 0.717) is 22.2 Å². The number of methoxy groups -OCH3 is 2. The molecule has 1 heterocycles. The third kappa shape index (κ3) is 5.38. The van der Waals surface area contributed by atoms with Crippen molar-refractivity contribution in [2.45, 2.75) is 0 Å². The normalized spacial score (nSPS) is 10.8. The van der Waals surface area contributed by atoms with Crippen molar-refractivity contribution in [1.82, 2.24) is 4.98 Å². The summed E-state index contributed by atoms with van der Waals surface area (Å²) in [4.78, 5) is 17.0. The van der Waals surface area contributed by atoms with Gasteiger partial charge in [0.2, 0.25) is 5.13 Å². The number of carbonyl (C=O) groups excluding carboxylic acids is 1. The summed E-state index contributed by atoms with van der Waals surface area (Å²) in [5, 5.41) is 6.65.